The Labute approximate surface area is 82.4 Å². The molecule has 1 heteroatoms. The molecule has 0 aliphatic rings. The van der Waals surface area contributed by atoms with E-state index in [2.05, 4.69) is 38.5 Å². The van der Waals surface area contributed by atoms with Gasteiger partial charge in [-0.05, 0) is 0 Å². The molecular weight excluding hydrogens is 127 g/mol. The topological polar surface area (TPSA) is 0 Å². The fraction of sp³-hybridized carbons (Fsp3) is 1.00. The first-order chi connectivity index (χ1) is 5.33. The van der Waals surface area contributed by atoms with Gasteiger partial charge in [0.25, 0.3) is 0 Å². The molecule has 0 fully saturated rings. The van der Waals surface area contributed by atoms with E-state index >= 15 is 0 Å². The van der Waals surface area contributed by atoms with Crippen LogP contribution in [0.2, 0.25) is 5.09 Å². The predicted octanol–water partition coefficient (Wildman–Crippen LogP) is 3.96. The van der Waals surface area contributed by atoms with Crippen molar-refractivity contribution in [1.29, 1.82) is 0 Å². The van der Waals surface area contributed by atoms with Crippen LogP contribution in [-0.4, -0.2) is 17.7 Å². The van der Waals surface area contributed by atoms with Crippen LogP contribution in [-0.2, 0) is 0 Å². The van der Waals surface area contributed by atoms with E-state index in [0.717, 1.165) is 0 Å². The molecule has 0 spiro atoms. The molecule has 0 saturated heterocycles. The molecule has 0 nitrogen and oxygen atoms in total. The van der Waals surface area contributed by atoms with Gasteiger partial charge in [-0.2, -0.15) is 0 Å². The molecule has 0 heterocycles. The second kappa shape index (κ2) is 16.9. The normalized spacial score (nSPS) is 8.82. The van der Waals surface area contributed by atoms with Crippen LogP contribution in [0, 0.1) is 0 Å². The molecule has 0 amide bonds. The second-order valence-corrected chi connectivity index (χ2v) is 3.06. The number of rotatable bonds is 5. The zero-order chi connectivity index (χ0) is 8.95. The summed E-state index contributed by atoms with van der Waals surface area (Å²) in [5, 5.41) is 1.36. The summed E-state index contributed by atoms with van der Waals surface area (Å²) in [4.78, 5) is 0. The third-order valence-electron chi connectivity index (χ3n) is 1.66. The van der Waals surface area contributed by atoms with Crippen molar-refractivity contribution in [3.05, 3.63) is 0 Å². The van der Waals surface area contributed by atoms with Gasteiger partial charge in [0.1, 0.15) is 0 Å². The van der Waals surface area contributed by atoms with Crippen molar-refractivity contribution in [1.82, 2.24) is 0 Å². The maximum absolute atomic E-state index is 2.23. The minimum atomic E-state index is 1.34. The Bertz CT molecular complexity index is 38.1. The van der Waals surface area contributed by atoms with Crippen LogP contribution in [0.15, 0.2) is 0 Å². The molecule has 0 radical (unpaired) electrons. The molecule has 0 bridgehead atoms. The van der Waals surface area contributed by atoms with Gasteiger partial charge in [0.05, 0.1) is 0 Å². The van der Waals surface area contributed by atoms with Crippen LogP contribution < -0.4 is 0 Å². The Balaban J connectivity index is 0. The summed E-state index contributed by atoms with van der Waals surface area (Å²) >= 11 is 2.23. The van der Waals surface area contributed by atoms with E-state index in [1.807, 2.05) is 0 Å². The zero-order valence-corrected chi connectivity index (χ0v) is 8.95. The standard InChI is InChI=1S/C5H12.C5H11.Li/c2*1-3-5-4-2;/h3-5H2,1-2H3;1,3-5H2,2H3;. The van der Waals surface area contributed by atoms with Crippen LogP contribution in [0.4, 0.5) is 0 Å². The van der Waals surface area contributed by atoms with Gasteiger partial charge >= 0.3 is 49.0 Å². The van der Waals surface area contributed by atoms with E-state index in [4.69, 9.17) is 0 Å². The zero-order valence-electron chi connectivity index (χ0n) is 8.95. The second-order valence-electron chi connectivity index (χ2n) is 3.06. The first kappa shape index (κ1) is 14.1. The molecular formula is C10H23Li. The van der Waals surface area contributed by atoms with Gasteiger partial charge in [0, 0.05) is 0 Å². The Morgan fingerprint density at radius 2 is 1.18 bits per heavy atom. The van der Waals surface area contributed by atoms with E-state index in [1.54, 1.807) is 0 Å². The molecule has 0 aromatic heterocycles. The van der Waals surface area contributed by atoms with Gasteiger partial charge in [0.2, 0.25) is 0 Å². The molecule has 0 aromatic rings. The number of hydrogen-bond donors (Lipinski definition) is 0. The fourth-order valence-corrected chi connectivity index (χ4v) is 0.854. The van der Waals surface area contributed by atoms with E-state index in [-0.39, 0.29) is 0 Å². The van der Waals surface area contributed by atoms with Gasteiger partial charge in [-0.3, -0.25) is 0 Å². The Morgan fingerprint density at radius 3 is 1.27 bits per heavy atom. The van der Waals surface area contributed by atoms with Crippen LogP contribution in [0.25, 0.3) is 0 Å². The van der Waals surface area contributed by atoms with Crippen molar-refractivity contribution in [2.24, 2.45) is 0 Å². The first-order valence-electron chi connectivity index (χ1n) is 5.33. The maximum atomic E-state index is 2.23. The predicted molar refractivity (Wildman–Crippen MR) is 55.3 cm³/mol. The van der Waals surface area contributed by atoms with E-state index in [1.165, 1.54) is 43.6 Å². The minimum absolute atomic E-state index is 1.34. The quantitative estimate of drug-likeness (QED) is 0.411. The number of unbranched alkanes of at least 4 members (excludes halogenated alkanes) is 4. The molecule has 0 unspecified atom stereocenters. The molecule has 0 aliphatic carbocycles. The van der Waals surface area contributed by atoms with Gasteiger partial charge in [-0.25, -0.2) is 0 Å². The fourth-order valence-electron chi connectivity index (χ4n) is 0.854. The molecule has 0 rings (SSSR count). The third-order valence-corrected chi connectivity index (χ3v) is 1.66. The van der Waals surface area contributed by atoms with Crippen molar-refractivity contribution >= 4 is 17.7 Å². The van der Waals surface area contributed by atoms with Crippen molar-refractivity contribution in [3.8, 4) is 0 Å². The van der Waals surface area contributed by atoms with Crippen molar-refractivity contribution in [2.45, 2.75) is 64.4 Å². The molecule has 0 aliphatic heterocycles. The molecule has 11 heavy (non-hydrogen) atoms. The summed E-state index contributed by atoms with van der Waals surface area (Å²) < 4.78 is 0. The van der Waals surface area contributed by atoms with E-state index in [0.29, 0.717) is 0 Å². The molecule has 0 aromatic carbocycles. The summed E-state index contributed by atoms with van der Waals surface area (Å²) in [7, 11) is 0. The average molecular weight is 150 g/mol. The van der Waals surface area contributed by atoms with Gasteiger partial charge in [-0.15, -0.1) is 0 Å². The van der Waals surface area contributed by atoms with Crippen LogP contribution in [0.5, 0.6) is 0 Å². The molecule has 0 atom stereocenters. The van der Waals surface area contributed by atoms with Crippen molar-refractivity contribution in [2.75, 3.05) is 0 Å². The third kappa shape index (κ3) is 25.0. The average Bonchev–Trinajstić information content (AvgIpc) is 2.04. The first-order valence-corrected chi connectivity index (χ1v) is 5.33. The van der Waals surface area contributed by atoms with E-state index < -0.39 is 0 Å². The van der Waals surface area contributed by atoms with Crippen LogP contribution in [0.3, 0.4) is 0 Å². The number of hydrogen-bond acceptors (Lipinski definition) is 0. The van der Waals surface area contributed by atoms with Crippen LogP contribution >= 0.6 is 0 Å². The summed E-state index contributed by atoms with van der Waals surface area (Å²) in [5.74, 6) is 0. The monoisotopic (exact) mass is 150 g/mol. The summed E-state index contributed by atoms with van der Waals surface area (Å²) in [6, 6.07) is 0. The Morgan fingerprint density at radius 1 is 0.727 bits per heavy atom. The summed E-state index contributed by atoms with van der Waals surface area (Å²) in [6.45, 7) is 6.66. The van der Waals surface area contributed by atoms with Crippen molar-refractivity contribution < 1.29 is 0 Å². The van der Waals surface area contributed by atoms with Gasteiger partial charge < -0.3 is 0 Å². The molecule has 0 saturated carbocycles. The van der Waals surface area contributed by atoms with Crippen molar-refractivity contribution in [3.63, 3.8) is 0 Å². The van der Waals surface area contributed by atoms with E-state index in [9.17, 15) is 0 Å². The summed E-state index contributed by atoms with van der Waals surface area (Å²) in [6.07, 6.45) is 8.26. The molecule has 0 N–H and O–H groups in total. The van der Waals surface area contributed by atoms with Gasteiger partial charge in [0.15, 0.2) is 0 Å². The summed E-state index contributed by atoms with van der Waals surface area (Å²) in [5.41, 5.74) is 0. The van der Waals surface area contributed by atoms with Gasteiger partial charge in [-0.1, -0.05) is 33.1 Å². The molecule has 64 valence electrons. The Kier molecular flexibility index (Phi) is 21.7. The SMILES string of the molecule is CCCCC.[Li][CH2]CCCC. The van der Waals surface area contributed by atoms with Crippen LogP contribution in [0.1, 0.15) is 59.3 Å². The Hall–Kier alpha value is 0.597.